The summed E-state index contributed by atoms with van der Waals surface area (Å²) in [6.07, 6.45) is 0. The number of carbonyl (C=O) groups is 1. The fourth-order valence-corrected chi connectivity index (χ4v) is 2.02. The molecule has 0 saturated carbocycles. The summed E-state index contributed by atoms with van der Waals surface area (Å²) in [6.45, 7) is 2.22. The SMILES string of the molecule is Cc1ccc(NC(=O)COCc2cccc(Cl)c2)cc1N. The summed E-state index contributed by atoms with van der Waals surface area (Å²) in [5, 5.41) is 3.39. The van der Waals surface area contributed by atoms with Crippen LogP contribution >= 0.6 is 11.6 Å². The quantitative estimate of drug-likeness (QED) is 0.832. The highest BCUT2D eigenvalue weighted by molar-refractivity contribution is 6.30. The minimum atomic E-state index is -0.222. The zero-order chi connectivity index (χ0) is 15.2. The average molecular weight is 305 g/mol. The smallest absolute Gasteiger partial charge is 0.250 e. The number of amides is 1. The van der Waals surface area contributed by atoms with E-state index in [2.05, 4.69) is 5.32 Å². The van der Waals surface area contributed by atoms with Crippen molar-refractivity contribution in [2.24, 2.45) is 0 Å². The van der Waals surface area contributed by atoms with Crippen LogP contribution in [0, 0.1) is 6.92 Å². The molecule has 1 amide bonds. The molecule has 0 atom stereocenters. The minimum absolute atomic E-state index is 0.0275. The topological polar surface area (TPSA) is 64.3 Å². The Morgan fingerprint density at radius 3 is 2.81 bits per heavy atom. The van der Waals surface area contributed by atoms with Crippen molar-refractivity contribution < 1.29 is 9.53 Å². The van der Waals surface area contributed by atoms with Crippen LogP contribution in [0.3, 0.4) is 0 Å². The summed E-state index contributed by atoms with van der Waals surface area (Å²) in [6, 6.07) is 12.7. The highest BCUT2D eigenvalue weighted by Gasteiger charge is 2.04. The lowest BCUT2D eigenvalue weighted by molar-refractivity contribution is -0.121. The van der Waals surface area contributed by atoms with Crippen molar-refractivity contribution in [1.82, 2.24) is 0 Å². The third-order valence-electron chi connectivity index (χ3n) is 2.95. The van der Waals surface area contributed by atoms with Gasteiger partial charge in [-0.2, -0.15) is 0 Å². The van der Waals surface area contributed by atoms with Crippen LogP contribution in [0.25, 0.3) is 0 Å². The lowest BCUT2D eigenvalue weighted by atomic mass is 10.2. The zero-order valence-corrected chi connectivity index (χ0v) is 12.5. The second kappa shape index (κ2) is 7.11. The lowest BCUT2D eigenvalue weighted by Gasteiger charge is -2.08. The molecule has 110 valence electrons. The van der Waals surface area contributed by atoms with E-state index >= 15 is 0 Å². The Hall–Kier alpha value is -2.04. The number of aryl methyl sites for hydroxylation is 1. The van der Waals surface area contributed by atoms with Gasteiger partial charge in [-0.05, 0) is 42.3 Å². The summed E-state index contributed by atoms with van der Waals surface area (Å²) in [7, 11) is 0. The number of nitrogens with two attached hydrogens (primary N) is 1. The van der Waals surface area contributed by atoms with Gasteiger partial charge in [0, 0.05) is 16.4 Å². The molecule has 3 N–H and O–H groups in total. The van der Waals surface area contributed by atoms with E-state index in [1.807, 2.05) is 25.1 Å². The standard InChI is InChI=1S/C16H17ClN2O2/c1-11-5-6-14(8-15(11)18)19-16(20)10-21-9-12-3-2-4-13(17)7-12/h2-8H,9-10,18H2,1H3,(H,19,20). The second-order valence-electron chi connectivity index (χ2n) is 4.74. The van der Waals surface area contributed by atoms with Crippen molar-refractivity contribution in [3.05, 3.63) is 58.6 Å². The van der Waals surface area contributed by atoms with Gasteiger partial charge in [-0.15, -0.1) is 0 Å². The summed E-state index contributed by atoms with van der Waals surface area (Å²) >= 11 is 5.87. The zero-order valence-electron chi connectivity index (χ0n) is 11.7. The molecule has 0 aromatic heterocycles. The molecule has 2 aromatic carbocycles. The van der Waals surface area contributed by atoms with Gasteiger partial charge in [-0.25, -0.2) is 0 Å². The van der Waals surface area contributed by atoms with Gasteiger partial charge in [0.1, 0.15) is 6.61 Å². The van der Waals surface area contributed by atoms with Crippen molar-refractivity contribution in [3.63, 3.8) is 0 Å². The van der Waals surface area contributed by atoms with E-state index in [-0.39, 0.29) is 12.5 Å². The summed E-state index contributed by atoms with van der Waals surface area (Å²) < 4.78 is 5.36. The highest BCUT2D eigenvalue weighted by atomic mass is 35.5. The molecule has 0 aliphatic carbocycles. The molecule has 0 spiro atoms. The Labute approximate surface area is 128 Å². The molecule has 0 bridgehead atoms. The van der Waals surface area contributed by atoms with Crippen molar-refractivity contribution in [2.75, 3.05) is 17.7 Å². The first-order valence-electron chi connectivity index (χ1n) is 6.53. The first kappa shape index (κ1) is 15.4. The molecule has 0 unspecified atom stereocenters. The van der Waals surface area contributed by atoms with Crippen LogP contribution in [0.2, 0.25) is 5.02 Å². The van der Waals surface area contributed by atoms with E-state index in [9.17, 15) is 4.79 Å². The number of halogens is 1. The van der Waals surface area contributed by atoms with Crippen LogP contribution in [0.15, 0.2) is 42.5 Å². The molecule has 0 aliphatic rings. The maximum absolute atomic E-state index is 11.8. The van der Waals surface area contributed by atoms with Crippen molar-refractivity contribution in [3.8, 4) is 0 Å². The molecule has 5 heteroatoms. The van der Waals surface area contributed by atoms with Crippen LogP contribution in [-0.4, -0.2) is 12.5 Å². The number of hydrogen-bond donors (Lipinski definition) is 2. The van der Waals surface area contributed by atoms with Gasteiger partial charge in [0.05, 0.1) is 6.61 Å². The first-order chi connectivity index (χ1) is 10.0. The number of nitrogen functional groups attached to an aromatic ring is 1. The summed E-state index contributed by atoms with van der Waals surface area (Å²) in [5.74, 6) is -0.222. The predicted molar refractivity (Wildman–Crippen MR) is 85.3 cm³/mol. The van der Waals surface area contributed by atoms with Gasteiger partial charge in [0.2, 0.25) is 5.91 Å². The lowest BCUT2D eigenvalue weighted by Crippen LogP contribution is -2.18. The largest absolute Gasteiger partial charge is 0.398 e. The molecule has 0 aliphatic heterocycles. The van der Waals surface area contributed by atoms with Gasteiger partial charge >= 0.3 is 0 Å². The number of hydrogen-bond acceptors (Lipinski definition) is 3. The predicted octanol–water partition coefficient (Wildman–Crippen LogP) is 3.39. The van der Waals surface area contributed by atoms with Crippen LogP contribution in [-0.2, 0) is 16.1 Å². The highest BCUT2D eigenvalue weighted by Crippen LogP contribution is 2.17. The van der Waals surface area contributed by atoms with Crippen LogP contribution in [0.1, 0.15) is 11.1 Å². The molecule has 21 heavy (non-hydrogen) atoms. The fraction of sp³-hybridized carbons (Fsp3) is 0.188. The van der Waals surface area contributed by atoms with Gasteiger partial charge in [-0.1, -0.05) is 29.8 Å². The summed E-state index contributed by atoms with van der Waals surface area (Å²) in [4.78, 5) is 11.8. The Bertz CT molecular complexity index is 644. The maximum atomic E-state index is 11.8. The Kier molecular flexibility index (Phi) is 5.20. The van der Waals surface area contributed by atoms with Crippen LogP contribution in [0.5, 0.6) is 0 Å². The first-order valence-corrected chi connectivity index (χ1v) is 6.90. The average Bonchev–Trinajstić information content (AvgIpc) is 2.43. The normalized spacial score (nSPS) is 10.4. The number of rotatable bonds is 5. The second-order valence-corrected chi connectivity index (χ2v) is 5.18. The van der Waals surface area contributed by atoms with Crippen molar-refractivity contribution in [1.29, 1.82) is 0 Å². The Balaban J connectivity index is 1.81. The van der Waals surface area contributed by atoms with E-state index in [0.29, 0.717) is 23.0 Å². The van der Waals surface area contributed by atoms with E-state index < -0.39 is 0 Å². The molecule has 0 saturated heterocycles. The third-order valence-corrected chi connectivity index (χ3v) is 3.19. The van der Waals surface area contributed by atoms with Crippen LogP contribution in [0.4, 0.5) is 11.4 Å². The molecular formula is C16H17ClN2O2. The number of carbonyl (C=O) groups excluding carboxylic acids is 1. The molecule has 4 nitrogen and oxygen atoms in total. The van der Waals surface area contributed by atoms with Gasteiger partial charge in [-0.3, -0.25) is 4.79 Å². The maximum Gasteiger partial charge on any atom is 0.250 e. The van der Waals surface area contributed by atoms with Gasteiger partial charge in [0.25, 0.3) is 0 Å². The minimum Gasteiger partial charge on any atom is -0.398 e. The fourth-order valence-electron chi connectivity index (χ4n) is 1.80. The van der Waals surface area contributed by atoms with E-state index in [0.717, 1.165) is 11.1 Å². The van der Waals surface area contributed by atoms with Gasteiger partial charge in [0.15, 0.2) is 0 Å². The summed E-state index contributed by atoms with van der Waals surface area (Å²) in [5.41, 5.74) is 9.00. The Morgan fingerprint density at radius 2 is 2.10 bits per heavy atom. The monoisotopic (exact) mass is 304 g/mol. The van der Waals surface area contributed by atoms with E-state index in [1.165, 1.54) is 0 Å². The van der Waals surface area contributed by atoms with E-state index in [4.69, 9.17) is 22.1 Å². The molecule has 0 heterocycles. The molecule has 2 aromatic rings. The number of ether oxygens (including phenoxy) is 1. The molecule has 0 radical (unpaired) electrons. The van der Waals surface area contributed by atoms with E-state index in [1.54, 1.807) is 24.3 Å². The van der Waals surface area contributed by atoms with Crippen molar-refractivity contribution in [2.45, 2.75) is 13.5 Å². The third kappa shape index (κ3) is 4.77. The number of nitrogens with one attached hydrogen (secondary N) is 1. The number of anilines is 2. The van der Waals surface area contributed by atoms with Gasteiger partial charge < -0.3 is 15.8 Å². The molecular weight excluding hydrogens is 288 g/mol. The van der Waals surface area contributed by atoms with Crippen molar-refractivity contribution >= 4 is 28.9 Å². The molecule has 0 fully saturated rings. The number of benzene rings is 2. The Morgan fingerprint density at radius 1 is 1.29 bits per heavy atom. The molecule has 2 rings (SSSR count). The van der Waals surface area contributed by atoms with Crippen LogP contribution < -0.4 is 11.1 Å².